The number of hydrogen-bond donors (Lipinski definition) is 3. The van der Waals surface area contributed by atoms with E-state index in [1.165, 1.54) is 6.07 Å². The van der Waals surface area contributed by atoms with Crippen LogP contribution in [0.15, 0.2) is 18.2 Å². The van der Waals surface area contributed by atoms with Crippen molar-refractivity contribution in [2.75, 3.05) is 19.6 Å². The van der Waals surface area contributed by atoms with Crippen LogP contribution in [0.1, 0.15) is 18.4 Å². The van der Waals surface area contributed by atoms with Crippen molar-refractivity contribution in [3.8, 4) is 11.5 Å². The quantitative estimate of drug-likeness (QED) is 0.689. The summed E-state index contributed by atoms with van der Waals surface area (Å²) in [4.78, 5) is 2.23. The van der Waals surface area contributed by atoms with Gasteiger partial charge in [-0.15, -0.1) is 0 Å². The molecule has 1 unspecified atom stereocenters. The number of rotatable bonds is 3. The Balaban J connectivity index is 1.86. The first-order valence-corrected chi connectivity index (χ1v) is 6.06. The van der Waals surface area contributed by atoms with E-state index in [-0.39, 0.29) is 17.6 Å². The molecule has 2 rings (SSSR count). The van der Waals surface area contributed by atoms with Gasteiger partial charge in [-0.2, -0.15) is 0 Å². The van der Waals surface area contributed by atoms with E-state index in [0.717, 1.165) is 44.5 Å². The van der Waals surface area contributed by atoms with Crippen LogP contribution in [0.25, 0.3) is 0 Å². The van der Waals surface area contributed by atoms with Gasteiger partial charge in [0, 0.05) is 13.1 Å². The highest BCUT2D eigenvalue weighted by Crippen LogP contribution is 2.25. The molecule has 0 aromatic heterocycles. The van der Waals surface area contributed by atoms with Gasteiger partial charge in [0.2, 0.25) is 0 Å². The van der Waals surface area contributed by atoms with Gasteiger partial charge < -0.3 is 20.2 Å². The number of nitrogens with zero attached hydrogens (tertiary/aromatic N) is 1. The second-order valence-corrected chi connectivity index (χ2v) is 4.67. The van der Waals surface area contributed by atoms with Crippen LogP contribution in [0.2, 0.25) is 0 Å². The minimum Gasteiger partial charge on any atom is -0.504 e. The van der Waals surface area contributed by atoms with Crippen molar-refractivity contribution in [3.05, 3.63) is 23.8 Å². The first kappa shape index (κ1) is 12.2. The number of piperidine rings is 1. The summed E-state index contributed by atoms with van der Waals surface area (Å²) in [6, 6.07) is 4.92. The first-order valence-electron chi connectivity index (χ1n) is 6.06. The predicted octanol–water partition coefficient (Wildman–Crippen LogP) is 1.10. The van der Waals surface area contributed by atoms with E-state index in [9.17, 15) is 15.3 Å². The van der Waals surface area contributed by atoms with Crippen LogP contribution in [0, 0.1) is 0 Å². The Labute approximate surface area is 101 Å². The molecule has 4 nitrogen and oxygen atoms in total. The van der Waals surface area contributed by atoms with Crippen molar-refractivity contribution >= 4 is 0 Å². The summed E-state index contributed by atoms with van der Waals surface area (Å²) in [6.45, 7) is 2.65. The molecule has 0 saturated carbocycles. The van der Waals surface area contributed by atoms with Crippen LogP contribution < -0.4 is 0 Å². The molecule has 0 bridgehead atoms. The fraction of sp³-hybridized carbons (Fsp3) is 0.538. The monoisotopic (exact) mass is 237 g/mol. The van der Waals surface area contributed by atoms with Crippen molar-refractivity contribution in [3.63, 3.8) is 0 Å². The van der Waals surface area contributed by atoms with E-state index in [2.05, 4.69) is 4.90 Å². The molecular formula is C13H19NO3. The van der Waals surface area contributed by atoms with E-state index >= 15 is 0 Å². The topological polar surface area (TPSA) is 63.9 Å². The molecule has 17 heavy (non-hydrogen) atoms. The summed E-state index contributed by atoms with van der Waals surface area (Å²) in [5.41, 5.74) is 1.00. The third-order valence-electron chi connectivity index (χ3n) is 3.24. The summed E-state index contributed by atoms with van der Waals surface area (Å²) in [5.74, 6) is -0.150. The van der Waals surface area contributed by atoms with Crippen molar-refractivity contribution < 1.29 is 15.3 Å². The zero-order valence-corrected chi connectivity index (χ0v) is 9.84. The average Bonchev–Trinajstić information content (AvgIpc) is 2.31. The molecule has 1 aromatic carbocycles. The maximum absolute atomic E-state index is 9.54. The van der Waals surface area contributed by atoms with Gasteiger partial charge in [-0.3, -0.25) is 0 Å². The SMILES string of the molecule is Oc1ccc(CCN2CCCC(O)C2)cc1O. The lowest BCUT2D eigenvalue weighted by atomic mass is 10.1. The van der Waals surface area contributed by atoms with Crippen LogP contribution in [0.5, 0.6) is 11.5 Å². The van der Waals surface area contributed by atoms with E-state index in [1.807, 2.05) is 6.07 Å². The maximum Gasteiger partial charge on any atom is 0.157 e. The molecule has 1 aromatic rings. The third-order valence-corrected chi connectivity index (χ3v) is 3.24. The smallest absolute Gasteiger partial charge is 0.157 e. The minimum atomic E-state index is -0.197. The molecule has 1 aliphatic rings. The highest BCUT2D eigenvalue weighted by molar-refractivity contribution is 5.40. The molecule has 4 heteroatoms. The number of aliphatic hydroxyl groups excluding tert-OH is 1. The third kappa shape index (κ3) is 3.35. The number of β-amino-alcohol motifs (C(OH)–C–C–N with tert-alkyl or cyclic N) is 1. The van der Waals surface area contributed by atoms with Gasteiger partial charge >= 0.3 is 0 Å². The Hall–Kier alpha value is -1.26. The van der Waals surface area contributed by atoms with Crippen molar-refractivity contribution in [2.24, 2.45) is 0 Å². The minimum absolute atomic E-state index is 0.0684. The summed E-state index contributed by atoms with van der Waals surface area (Å²) in [7, 11) is 0. The molecule has 1 aliphatic heterocycles. The maximum atomic E-state index is 9.54. The van der Waals surface area contributed by atoms with Crippen LogP contribution in [-0.4, -0.2) is 46.0 Å². The molecule has 1 heterocycles. The molecule has 1 fully saturated rings. The number of benzene rings is 1. The Morgan fingerprint density at radius 1 is 1.24 bits per heavy atom. The number of phenolic OH excluding ortho intramolecular Hbond substituents is 2. The zero-order chi connectivity index (χ0) is 12.3. The van der Waals surface area contributed by atoms with Gasteiger partial charge in [-0.1, -0.05) is 6.07 Å². The predicted molar refractivity (Wildman–Crippen MR) is 65.2 cm³/mol. The second kappa shape index (κ2) is 5.38. The fourth-order valence-corrected chi connectivity index (χ4v) is 2.25. The molecule has 1 atom stereocenters. The van der Waals surface area contributed by atoms with Gasteiger partial charge in [-0.25, -0.2) is 0 Å². The van der Waals surface area contributed by atoms with Gasteiger partial charge in [0.25, 0.3) is 0 Å². The Morgan fingerprint density at radius 3 is 2.76 bits per heavy atom. The van der Waals surface area contributed by atoms with Gasteiger partial charge in [0.05, 0.1) is 6.10 Å². The van der Waals surface area contributed by atoms with Crippen LogP contribution in [0.3, 0.4) is 0 Å². The molecule has 0 radical (unpaired) electrons. The highest BCUT2D eigenvalue weighted by atomic mass is 16.3. The number of hydrogen-bond acceptors (Lipinski definition) is 4. The van der Waals surface area contributed by atoms with Crippen molar-refractivity contribution in [2.45, 2.75) is 25.4 Å². The lowest BCUT2D eigenvalue weighted by Gasteiger charge is -2.29. The molecule has 1 saturated heterocycles. The number of phenols is 2. The summed E-state index contributed by atoms with van der Waals surface area (Å²) >= 11 is 0. The summed E-state index contributed by atoms with van der Waals surface area (Å²) < 4.78 is 0. The first-order chi connectivity index (χ1) is 8.15. The molecule has 0 spiro atoms. The Kier molecular flexibility index (Phi) is 3.86. The van der Waals surface area contributed by atoms with Crippen LogP contribution in [-0.2, 0) is 6.42 Å². The second-order valence-electron chi connectivity index (χ2n) is 4.67. The van der Waals surface area contributed by atoms with Gasteiger partial charge in [-0.05, 0) is 43.5 Å². The summed E-state index contributed by atoms with van der Waals surface area (Å²) in [6.07, 6.45) is 2.57. The molecule has 3 N–H and O–H groups in total. The van der Waals surface area contributed by atoms with E-state index in [0.29, 0.717) is 0 Å². The highest BCUT2D eigenvalue weighted by Gasteiger charge is 2.17. The van der Waals surface area contributed by atoms with Crippen molar-refractivity contribution in [1.29, 1.82) is 0 Å². The average molecular weight is 237 g/mol. The lowest BCUT2D eigenvalue weighted by molar-refractivity contribution is 0.0714. The van der Waals surface area contributed by atoms with Gasteiger partial charge in [0.15, 0.2) is 11.5 Å². The Bertz CT molecular complexity index is 381. The summed E-state index contributed by atoms with van der Waals surface area (Å²) in [5, 5.41) is 28.1. The van der Waals surface area contributed by atoms with Crippen molar-refractivity contribution in [1.82, 2.24) is 4.90 Å². The molecule has 0 amide bonds. The van der Waals surface area contributed by atoms with E-state index < -0.39 is 0 Å². The Morgan fingerprint density at radius 2 is 2.06 bits per heavy atom. The van der Waals surface area contributed by atoms with E-state index in [1.54, 1.807) is 6.07 Å². The van der Waals surface area contributed by atoms with Gasteiger partial charge in [0.1, 0.15) is 0 Å². The van der Waals surface area contributed by atoms with Crippen LogP contribution in [0.4, 0.5) is 0 Å². The zero-order valence-electron chi connectivity index (χ0n) is 9.84. The van der Waals surface area contributed by atoms with Crippen LogP contribution >= 0.6 is 0 Å². The fourth-order valence-electron chi connectivity index (χ4n) is 2.25. The molecule has 94 valence electrons. The molecular weight excluding hydrogens is 218 g/mol. The lowest BCUT2D eigenvalue weighted by Crippen LogP contribution is -2.39. The number of aromatic hydroxyl groups is 2. The standard InChI is InChI=1S/C13H19NO3/c15-11-2-1-6-14(9-11)7-5-10-3-4-12(16)13(17)8-10/h3-4,8,11,15-17H,1-2,5-7,9H2. The largest absolute Gasteiger partial charge is 0.504 e. The van der Waals surface area contributed by atoms with E-state index in [4.69, 9.17) is 0 Å². The molecule has 0 aliphatic carbocycles. The normalized spacial score (nSPS) is 21.6. The number of aliphatic hydroxyl groups is 1. The number of likely N-dealkylation sites (tertiary alicyclic amines) is 1.